The van der Waals surface area contributed by atoms with E-state index in [0.717, 1.165) is 36.5 Å². The van der Waals surface area contributed by atoms with Gasteiger partial charge < -0.3 is 15.2 Å². The van der Waals surface area contributed by atoms with Gasteiger partial charge in [0.1, 0.15) is 5.75 Å². The average molecular weight is 343 g/mol. The van der Waals surface area contributed by atoms with Crippen LogP contribution in [0.1, 0.15) is 44.1 Å². The van der Waals surface area contributed by atoms with Crippen molar-refractivity contribution in [1.29, 1.82) is 0 Å². The molecular formula is C20H29N3O2. The molecule has 0 unspecified atom stereocenters. The fourth-order valence-electron chi connectivity index (χ4n) is 3.97. The van der Waals surface area contributed by atoms with Gasteiger partial charge in [0.25, 0.3) is 0 Å². The molecule has 5 nitrogen and oxygen atoms in total. The number of H-pyrrole nitrogens is 1. The van der Waals surface area contributed by atoms with Crippen molar-refractivity contribution < 1.29 is 9.84 Å². The van der Waals surface area contributed by atoms with Gasteiger partial charge in [0, 0.05) is 30.8 Å². The second-order valence-electron chi connectivity index (χ2n) is 7.14. The number of rotatable bonds is 8. The summed E-state index contributed by atoms with van der Waals surface area (Å²) >= 11 is 0. The van der Waals surface area contributed by atoms with Gasteiger partial charge in [-0.2, -0.15) is 5.10 Å². The van der Waals surface area contributed by atoms with Gasteiger partial charge in [0.15, 0.2) is 0 Å². The van der Waals surface area contributed by atoms with E-state index in [1.807, 2.05) is 30.5 Å². The van der Waals surface area contributed by atoms with Crippen LogP contribution < -0.4 is 10.1 Å². The summed E-state index contributed by atoms with van der Waals surface area (Å²) in [5.41, 5.74) is 3.59. The van der Waals surface area contributed by atoms with Crippen LogP contribution in [0.3, 0.4) is 0 Å². The molecule has 0 bridgehead atoms. The zero-order valence-electron chi connectivity index (χ0n) is 15.1. The Morgan fingerprint density at radius 2 is 1.96 bits per heavy atom. The fraction of sp³-hybridized carbons (Fsp3) is 0.550. The van der Waals surface area contributed by atoms with Crippen molar-refractivity contribution in [1.82, 2.24) is 15.5 Å². The molecule has 1 fully saturated rings. The van der Waals surface area contributed by atoms with E-state index in [1.54, 1.807) is 7.11 Å². The largest absolute Gasteiger partial charge is 0.497 e. The van der Waals surface area contributed by atoms with E-state index < -0.39 is 0 Å². The third-order valence-corrected chi connectivity index (χ3v) is 5.47. The fourth-order valence-corrected chi connectivity index (χ4v) is 3.97. The molecule has 0 radical (unpaired) electrons. The van der Waals surface area contributed by atoms with Crippen LogP contribution >= 0.6 is 0 Å². The molecule has 1 aromatic carbocycles. The van der Waals surface area contributed by atoms with E-state index in [4.69, 9.17) is 4.74 Å². The minimum Gasteiger partial charge on any atom is -0.497 e. The number of nitrogens with one attached hydrogen (secondary N) is 2. The highest BCUT2D eigenvalue weighted by Crippen LogP contribution is 2.38. The summed E-state index contributed by atoms with van der Waals surface area (Å²) in [6.07, 6.45) is 9.13. The molecule has 0 spiro atoms. The maximum Gasteiger partial charge on any atom is 0.118 e. The topological polar surface area (TPSA) is 70.2 Å². The van der Waals surface area contributed by atoms with Crippen molar-refractivity contribution in [2.45, 2.75) is 45.1 Å². The number of aromatic nitrogens is 2. The quantitative estimate of drug-likeness (QED) is 0.686. The minimum atomic E-state index is 0.261. The van der Waals surface area contributed by atoms with Crippen LogP contribution in [-0.2, 0) is 6.54 Å². The van der Waals surface area contributed by atoms with E-state index >= 15 is 0 Å². The normalized spacial score (nSPS) is 16.7. The van der Waals surface area contributed by atoms with Crippen molar-refractivity contribution >= 4 is 0 Å². The summed E-state index contributed by atoms with van der Waals surface area (Å²) in [6, 6.07) is 8.02. The lowest BCUT2D eigenvalue weighted by atomic mass is 9.72. The van der Waals surface area contributed by atoms with E-state index in [9.17, 15) is 5.11 Å². The highest BCUT2D eigenvalue weighted by molar-refractivity contribution is 5.63. The van der Waals surface area contributed by atoms with Crippen molar-refractivity contribution in [2.24, 2.45) is 5.41 Å². The molecular weight excluding hydrogens is 314 g/mol. The summed E-state index contributed by atoms with van der Waals surface area (Å²) in [6.45, 7) is 2.02. The Labute approximate surface area is 149 Å². The van der Waals surface area contributed by atoms with Gasteiger partial charge in [-0.15, -0.1) is 0 Å². The molecule has 2 aromatic rings. The Kier molecular flexibility index (Phi) is 6.10. The number of aliphatic hydroxyl groups excluding tert-OH is 1. The number of hydrogen-bond acceptors (Lipinski definition) is 4. The Morgan fingerprint density at radius 3 is 2.64 bits per heavy atom. The van der Waals surface area contributed by atoms with Crippen LogP contribution in [0.15, 0.2) is 30.5 Å². The lowest BCUT2D eigenvalue weighted by Gasteiger charge is -2.37. The Morgan fingerprint density at radius 1 is 1.20 bits per heavy atom. The molecule has 3 N–H and O–H groups in total. The number of aliphatic hydroxyl groups is 1. The first-order chi connectivity index (χ1) is 12.3. The highest BCUT2D eigenvalue weighted by atomic mass is 16.5. The maximum atomic E-state index is 9.45. The second-order valence-corrected chi connectivity index (χ2v) is 7.14. The maximum absolute atomic E-state index is 9.45. The monoisotopic (exact) mass is 343 g/mol. The number of ether oxygens (including phenoxy) is 1. The van der Waals surface area contributed by atoms with Crippen molar-refractivity contribution in [2.75, 3.05) is 20.3 Å². The summed E-state index contributed by atoms with van der Waals surface area (Å²) in [5, 5.41) is 20.4. The Balaban J connectivity index is 1.62. The number of aromatic amines is 1. The SMILES string of the molecule is COc1ccc(-c2[nH]ncc2CNCC2(CCO)CCCCC2)cc1. The first-order valence-corrected chi connectivity index (χ1v) is 9.25. The van der Waals surface area contributed by atoms with Crippen LogP contribution in [0, 0.1) is 5.41 Å². The van der Waals surface area contributed by atoms with E-state index in [1.165, 1.54) is 37.7 Å². The highest BCUT2D eigenvalue weighted by Gasteiger charge is 2.31. The van der Waals surface area contributed by atoms with Crippen LogP contribution in [0.4, 0.5) is 0 Å². The van der Waals surface area contributed by atoms with E-state index in [-0.39, 0.29) is 12.0 Å². The number of nitrogens with zero attached hydrogens (tertiary/aromatic N) is 1. The van der Waals surface area contributed by atoms with Crippen LogP contribution in [0.2, 0.25) is 0 Å². The van der Waals surface area contributed by atoms with Gasteiger partial charge in [0.05, 0.1) is 19.0 Å². The average Bonchev–Trinajstić information content (AvgIpc) is 3.11. The summed E-state index contributed by atoms with van der Waals surface area (Å²) in [7, 11) is 1.67. The molecule has 0 aliphatic heterocycles. The molecule has 5 heteroatoms. The van der Waals surface area contributed by atoms with Gasteiger partial charge in [-0.25, -0.2) is 0 Å². The third-order valence-electron chi connectivity index (χ3n) is 5.47. The number of hydrogen-bond donors (Lipinski definition) is 3. The first kappa shape index (κ1) is 18.0. The van der Waals surface area contributed by atoms with Gasteiger partial charge in [0.2, 0.25) is 0 Å². The molecule has 136 valence electrons. The van der Waals surface area contributed by atoms with Crippen LogP contribution in [0.5, 0.6) is 5.75 Å². The van der Waals surface area contributed by atoms with E-state index in [2.05, 4.69) is 15.5 Å². The molecule has 25 heavy (non-hydrogen) atoms. The summed E-state index contributed by atoms with van der Waals surface area (Å²) in [5.74, 6) is 0.853. The van der Waals surface area contributed by atoms with Crippen LogP contribution in [-0.4, -0.2) is 35.6 Å². The van der Waals surface area contributed by atoms with E-state index in [0.29, 0.717) is 0 Å². The Hall–Kier alpha value is -1.85. The molecule has 1 aliphatic carbocycles. The smallest absolute Gasteiger partial charge is 0.118 e. The summed E-state index contributed by atoms with van der Waals surface area (Å²) < 4.78 is 5.22. The Bertz CT molecular complexity index is 640. The van der Waals surface area contributed by atoms with Crippen molar-refractivity contribution in [3.05, 3.63) is 36.0 Å². The predicted octanol–water partition coefficient (Wildman–Crippen LogP) is 3.51. The molecule has 1 heterocycles. The molecule has 1 aromatic heterocycles. The van der Waals surface area contributed by atoms with Gasteiger partial charge in [-0.3, -0.25) is 5.10 Å². The lowest BCUT2D eigenvalue weighted by molar-refractivity contribution is 0.126. The third kappa shape index (κ3) is 4.41. The van der Waals surface area contributed by atoms with Crippen LogP contribution in [0.25, 0.3) is 11.3 Å². The number of benzene rings is 1. The molecule has 0 saturated heterocycles. The summed E-state index contributed by atoms with van der Waals surface area (Å²) in [4.78, 5) is 0. The second kappa shape index (κ2) is 8.50. The predicted molar refractivity (Wildman–Crippen MR) is 99.5 cm³/mol. The molecule has 3 rings (SSSR count). The molecule has 0 atom stereocenters. The molecule has 0 amide bonds. The van der Waals surface area contributed by atoms with Gasteiger partial charge >= 0.3 is 0 Å². The first-order valence-electron chi connectivity index (χ1n) is 9.25. The van der Waals surface area contributed by atoms with Crippen molar-refractivity contribution in [3.63, 3.8) is 0 Å². The molecule has 1 saturated carbocycles. The standard InChI is InChI=1S/C20H29N3O2/c1-25-18-7-5-16(6-8-18)19-17(14-22-23-19)13-21-15-20(11-12-24)9-3-2-4-10-20/h5-8,14,21,24H,2-4,9-13,15H2,1H3,(H,22,23). The number of methoxy groups -OCH3 is 1. The van der Waals surface area contributed by atoms with Gasteiger partial charge in [-0.05, 0) is 48.9 Å². The minimum absolute atomic E-state index is 0.261. The van der Waals surface area contributed by atoms with Crippen molar-refractivity contribution in [3.8, 4) is 17.0 Å². The van der Waals surface area contributed by atoms with Gasteiger partial charge in [-0.1, -0.05) is 19.3 Å². The molecule has 1 aliphatic rings. The lowest BCUT2D eigenvalue weighted by Crippen LogP contribution is -2.36. The zero-order valence-corrected chi connectivity index (χ0v) is 15.1. The zero-order chi connectivity index (χ0) is 17.5.